The minimum atomic E-state index is 0.101. The normalized spacial score (nSPS) is 17.3. The van der Waals surface area contributed by atoms with E-state index in [0.717, 1.165) is 35.4 Å². The lowest BCUT2D eigenvalue weighted by Gasteiger charge is -2.25. The first-order valence-corrected chi connectivity index (χ1v) is 8.60. The average molecular weight is 331 g/mol. The Hall–Kier alpha value is -2.01. The summed E-state index contributed by atoms with van der Waals surface area (Å²) >= 11 is 1.52. The third kappa shape index (κ3) is 2.93. The van der Waals surface area contributed by atoms with Crippen LogP contribution in [0.5, 0.6) is 11.5 Å². The van der Waals surface area contributed by atoms with Gasteiger partial charge in [0, 0.05) is 6.54 Å². The highest BCUT2D eigenvalue weighted by Gasteiger charge is 2.32. The number of thiophene rings is 1. The highest BCUT2D eigenvalue weighted by atomic mass is 32.1. The molecule has 1 aliphatic heterocycles. The van der Waals surface area contributed by atoms with Gasteiger partial charge in [-0.2, -0.15) is 0 Å². The van der Waals surface area contributed by atoms with Crippen molar-refractivity contribution in [1.29, 1.82) is 0 Å². The van der Waals surface area contributed by atoms with Crippen LogP contribution in [0.2, 0.25) is 0 Å². The van der Waals surface area contributed by atoms with Crippen LogP contribution in [-0.2, 0) is 0 Å². The van der Waals surface area contributed by atoms with Crippen LogP contribution in [0.25, 0.3) is 0 Å². The van der Waals surface area contributed by atoms with Crippen LogP contribution in [0.4, 0.5) is 0 Å². The van der Waals surface area contributed by atoms with Crippen molar-refractivity contribution in [3.63, 3.8) is 0 Å². The van der Waals surface area contributed by atoms with Gasteiger partial charge in [0.2, 0.25) is 0 Å². The Morgan fingerprint density at radius 1 is 1.22 bits per heavy atom. The van der Waals surface area contributed by atoms with Crippen LogP contribution in [0.1, 0.15) is 39.7 Å². The zero-order valence-electron chi connectivity index (χ0n) is 13.7. The summed E-state index contributed by atoms with van der Waals surface area (Å²) in [5.74, 6) is 1.55. The van der Waals surface area contributed by atoms with Crippen molar-refractivity contribution in [2.75, 3.05) is 20.8 Å². The summed E-state index contributed by atoms with van der Waals surface area (Å²) < 4.78 is 10.7. The Morgan fingerprint density at radius 3 is 2.65 bits per heavy atom. The summed E-state index contributed by atoms with van der Waals surface area (Å²) in [6, 6.07) is 8.02. The lowest BCUT2D eigenvalue weighted by molar-refractivity contribution is 0.0739. The van der Waals surface area contributed by atoms with Crippen LogP contribution in [-0.4, -0.2) is 31.6 Å². The number of hydrogen-bond donors (Lipinski definition) is 0. The van der Waals surface area contributed by atoms with Gasteiger partial charge in [0.15, 0.2) is 11.5 Å². The molecular weight excluding hydrogens is 310 g/mol. The molecule has 5 heteroatoms. The Kier molecular flexibility index (Phi) is 4.57. The number of likely N-dealkylation sites (tertiary alicyclic amines) is 1. The topological polar surface area (TPSA) is 38.8 Å². The number of amides is 1. The van der Waals surface area contributed by atoms with Crippen molar-refractivity contribution in [3.05, 3.63) is 45.6 Å². The molecule has 2 heterocycles. The first kappa shape index (κ1) is 15.9. The van der Waals surface area contributed by atoms with Gasteiger partial charge in [0.1, 0.15) is 0 Å². The maximum absolute atomic E-state index is 12.9. The molecule has 4 nitrogen and oxygen atoms in total. The Labute approximate surface area is 140 Å². The molecule has 0 radical (unpaired) electrons. The molecule has 1 aliphatic rings. The molecule has 0 aliphatic carbocycles. The summed E-state index contributed by atoms with van der Waals surface area (Å²) in [4.78, 5) is 15.7. The number of nitrogens with zero attached hydrogens (tertiary/aromatic N) is 1. The molecule has 0 bridgehead atoms. The molecule has 0 N–H and O–H groups in total. The molecule has 1 aromatic carbocycles. The number of hydrogen-bond acceptors (Lipinski definition) is 4. The van der Waals surface area contributed by atoms with Crippen molar-refractivity contribution >= 4 is 17.2 Å². The predicted octanol–water partition coefficient (Wildman–Crippen LogP) is 4.05. The summed E-state index contributed by atoms with van der Waals surface area (Å²) in [5, 5.41) is 1.98. The number of benzene rings is 1. The van der Waals surface area contributed by atoms with Crippen LogP contribution < -0.4 is 9.47 Å². The molecule has 1 amide bonds. The van der Waals surface area contributed by atoms with E-state index < -0.39 is 0 Å². The summed E-state index contributed by atoms with van der Waals surface area (Å²) in [5.41, 5.74) is 2.15. The monoisotopic (exact) mass is 331 g/mol. The van der Waals surface area contributed by atoms with Gasteiger partial charge in [0.05, 0.1) is 25.1 Å². The SMILES string of the molecule is COc1ccc([C@H]2CCCN2C(=O)c2sccc2C)cc1OC. The number of aryl methyl sites for hydroxylation is 1. The number of carbonyl (C=O) groups is 1. The van der Waals surface area contributed by atoms with Crippen molar-refractivity contribution in [1.82, 2.24) is 4.90 Å². The van der Waals surface area contributed by atoms with Gasteiger partial charge in [-0.15, -0.1) is 11.3 Å². The summed E-state index contributed by atoms with van der Waals surface area (Å²) in [6.45, 7) is 2.79. The van der Waals surface area contributed by atoms with Crippen molar-refractivity contribution in [2.24, 2.45) is 0 Å². The van der Waals surface area contributed by atoms with Gasteiger partial charge in [-0.1, -0.05) is 6.07 Å². The first-order chi connectivity index (χ1) is 11.2. The molecule has 1 fully saturated rings. The third-order valence-electron chi connectivity index (χ3n) is 4.36. The lowest BCUT2D eigenvalue weighted by Crippen LogP contribution is -2.30. The molecule has 0 saturated carbocycles. The van der Waals surface area contributed by atoms with E-state index in [4.69, 9.17) is 9.47 Å². The molecule has 122 valence electrons. The fraction of sp³-hybridized carbons (Fsp3) is 0.389. The average Bonchev–Trinajstić information content (AvgIpc) is 3.22. The highest BCUT2D eigenvalue weighted by Crippen LogP contribution is 2.38. The van der Waals surface area contributed by atoms with E-state index in [1.165, 1.54) is 11.3 Å². The summed E-state index contributed by atoms with van der Waals surface area (Å²) in [7, 11) is 3.26. The van der Waals surface area contributed by atoms with Gasteiger partial charge in [-0.3, -0.25) is 4.79 Å². The van der Waals surface area contributed by atoms with Gasteiger partial charge < -0.3 is 14.4 Å². The minimum Gasteiger partial charge on any atom is -0.493 e. The van der Waals surface area contributed by atoms with Gasteiger partial charge >= 0.3 is 0 Å². The van der Waals surface area contributed by atoms with E-state index in [0.29, 0.717) is 11.5 Å². The van der Waals surface area contributed by atoms with Crippen molar-refractivity contribution in [2.45, 2.75) is 25.8 Å². The number of ether oxygens (including phenoxy) is 2. The van der Waals surface area contributed by atoms with Crippen LogP contribution in [0, 0.1) is 6.92 Å². The molecule has 0 unspecified atom stereocenters. The third-order valence-corrected chi connectivity index (χ3v) is 5.37. The Balaban J connectivity index is 1.90. The smallest absolute Gasteiger partial charge is 0.264 e. The second kappa shape index (κ2) is 6.62. The number of methoxy groups -OCH3 is 2. The largest absolute Gasteiger partial charge is 0.493 e. The Morgan fingerprint density at radius 2 is 2.00 bits per heavy atom. The summed E-state index contributed by atoms with van der Waals surface area (Å²) in [6.07, 6.45) is 2.00. The van der Waals surface area contributed by atoms with E-state index in [2.05, 4.69) is 0 Å². The number of rotatable bonds is 4. The van der Waals surface area contributed by atoms with E-state index >= 15 is 0 Å². The minimum absolute atomic E-state index is 0.101. The lowest BCUT2D eigenvalue weighted by atomic mass is 10.0. The molecule has 3 rings (SSSR count). The van der Waals surface area contributed by atoms with Crippen LogP contribution >= 0.6 is 11.3 Å². The molecule has 1 aromatic heterocycles. The van der Waals surface area contributed by atoms with E-state index in [1.807, 2.05) is 41.5 Å². The van der Waals surface area contributed by atoms with Gasteiger partial charge in [-0.05, 0) is 54.5 Å². The standard InChI is InChI=1S/C18H21NO3S/c1-12-8-10-23-17(12)18(20)19-9-4-5-14(19)13-6-7-15(21-2)16(11-13)22-3/h6-8,10-11,14H,4-5,9H2,1-3H3/t14-/m1/s1. The number of carbonyl (C=O) groups excluding carboxylic acids is 1. The maximum atomic E-state index is 12.9. The molecule has 23 heavy (non-hydrogen) atoms. The second-order valence-electron chi connectivity index (χ2n) is 5.70. The van der Waals surface area contributed by atoms with Crippen LogP contribution in [0.15, 0.2) is 29.6 Å². The predicted molar refractivity (Wildman–Crippen MR) is 91.6 cm³/mol. The Bertz CT molecular complexity index is 710. The van der Waals surface area contributed by atoms with Crippen molar-refractivity contribution < 1.29 is 14.3 Å². The quantitative estimate of drug-likeness (QED) is 0.848. The molecule has 1 saturated heterocycles. The highest BCUT2D eigenvalue weighted by molar-refractivity contribution is 7.12. The fourth-order valence-corrected chi connectivity index (χ4v) is 4.02. The second-order valence-corrected chi connectivity index (χ2v) is 6.62. The van der Waals surface area contributed by atoms with E-state index in [9.17, 15) is 4.79 Å². The zero-order valence-corrected chi connectivity index (χ0v) is 14.5. The maximum Gasteiger partial charge on any atom is 0.264 e. The fourth-order valence-electron chi connectivity index (χ4n) is 3.14. The molecular formula is C18H21NO3S. The molecule has 1 atom stereocenters. The molecule has 0 spiro atoms. The van der Waals surface area contributed by atoms with E-state index in [1.54, 1.807) is 14.2 Å². The van der Waals surface area contributed by atoms with Gasteiger partial charge in [-0.25, -0.2) is 0 Å². The van der Waals surface area contributed by atoms with E-state index in [-0.39, 0.29) is 11.9 Å². The van der Waals surface area contributed by atoms with Gasteiger partial charge in [0.25, 0.3) is 5.91 Å². The van der Waals surface area contributed by atoms with Crippen molar-refractivity contribution in [3.8, 4) is 11.5 Å². The molecule has 2 aromatic rings. The first-order valence-electron chi connectivity index (χ1n) is 7.72. The zero-order chi connectivity index (χ0) is 16.4. The van der Waals surface area contributed by atoms with Crippen LogP contribution in [0.3, 0.4) is 0 Å².